The molecule has 6 heteroatoms. The average Bonchev–Trinajstić information content (AvgIpc) is 2.84. The lowest BCUT2D eigenvalue weighted by Gasteiger charge is -1.98. The molecule has 0 spiro atoms. The van der Waals surface area contributed by atoms with Crippen LogP contribution < -0.4 is 0 Å². The Balaban J connectivity index is 1.93. The zero-order chi connectivity index (χ0) is 13.7. The van der Waals surface area contributed by atoms with Crippen molar-refractivity contribution < 1.29 is 9.90 Å². The van der Waals surface area contributed by atoms with Crippen molar-refractivity contribution in [3.63, 3.8) is 0 Å². The van der Waals surface area contributed by atoms with Crippen molar-refractivity contribution in [2.45, 2.75) is 10.8 Å². The Hall–Kier alpha value is -1.11. The van der Waals surface area contributed by atoms with Gasteiger partial charge in [0, 0.05) is 32.3 Å². The lowest BCUT2D eigenvalue weighted by Crippen LogP contribution is -1.84. The second-order valence-electron chi connectivity index (χ2n) is 3.58. The van der Waals surface area contributed by atoms with Crippen LogP contribution in [0.15, 0.2) is 46.0 Å². The predicted molar refractivity (Wildman–Crippen MR) is 82.5 cm³/mol. The van der Waals surface area contributed by atoms with Gasteiger partial charge in [-0.05, 0) is 46.3 Å². The number of nitrogens with zero attached hydrogens (tertiary/aromatic N) is 1. The van der Waals surface area contributed by atoms with Crippen LogP contribution >= 0.6 is 39.0 Å². The van der Waals surface area contributed by atoms with Gasteiger partial charge < -0.3 is 5.11 Å². The molecule has 0 saturated carbocycles. The van der Waals surface area contributed by atoms with Crippen LogP contribution in [0.25, 0.3) is 6.08 Å². The van der Waals surface area contributed by atoms with Crippen molar-refractivity contribution in [2.75, 3.05) is 0 Å². The van der Waals surface area contributed by atoms with Gasteiger partial charge >= 0.3 is 5.97 Å². The van der Waals surface area contributed by atoms with Gasteiger partial charge in [-0.3, -0.25) is 0 Å². The molecule has 0 fully saturated rings. The molecule has 0 atom stereocenters. The number of carboxylic acids is 1. The summed E-state index contributed by atoms with van der Waals surface area (Å²) >= 11 is 6.60. The summed E-state index contributed by atoms with van der Waals surface area (Å²) < 4.78 is 0.967. The van der Waals surface area contributed by atoms with Crippen molar-refractivity contribution in [1.29, 1.82) is 0 Å². The molecule has 2 aromatic heterocycles. The number of carboxylic acid groups (broad SMARTS) is 1. The third-order valence-corrected chi connectivity index (χ3v) is 4.83. The number of carbonyl (C=O) groups is 1. The van der Waals surface area contributed by atoms with E-state index in [0.29, 0.717) is 0 Å². The summed E-state index contributed by atoms with van der Waals surface area (Å²) in [5.41, 5.74) is 0. The topological polar surface area (TPSA) is 50.2 Å². The minimum Gasteiger partial charge on any atom is -0.478 e. The summed E-state index contributed by atoms with van der Waals surface area (Å²) in [4.78, 5) is 16.8. The molecule has 0 amide bonds. The number of thiophene rings is 1. The number of pyridine rings is 1. The molecule has 0 aromatic carbocycles. The van der Waals surface area contributed by atoms with Crippen LogP contribution in [0.1, 0.15) is 9.75 Å². The zero-order valence-electron chi connectivity index (χ0n) is 9.75. The van der Waals surface area contributed by atoms with Crippen molar-refractivity contribution >= 4 is 51.1 Å². The molecule has 2 heterocycles. The average molecular weight is 356 g/mol. The van der Waals surface area contributed by atoms with Crippen molar-refractivity contribution in [3.05, 3.63) is 50.8 Å². The molecule has 19 heavy (non-hydrogen) atoms. The molecule has 0 radical (unpaired) electrons. The van der Waals surface area contributed by atoms with Crippen LogP contribution in [0.3, 0.4) is 0 Å². The molecule has 1 N–H and O–H groups in total. The fourth-order valence-corrected chi connectivity index (χ4v) is 3.34. The van der Waals surface area contributed by atoms with Gasteiger partial charge in [0.1, 0.15) is 0 Å². The quantitative estimate of drug-likeness (QED) is 0.641. The summed E-state index contributed by atoms with van der Waals surface area (Å²) in [6.45, 7) is 0. The van der Waals surface area contributed by atoms with Gasteiger partial charge in [0.2, 0.25) is 0 Å². The van der Waals surface area contributed by atoms with Crippen molar-refractivity contribution in [2.24, 2.45) is 0 Å². The summed E-state index contributed by atoms with van der Waals surface area (Å²) in [7, 11) is 0. The van der Waals surface area contributed by atoms with Crippen molar-refractivity contribution in [3.8, 4) is 0 Å². The van der Waals surface area contributed by atoms with E-state index >= 15 is 0 Å². The maximum Gasteiger partial charge on any atom is 0.328 e. The highest BCUT2D eigenvalue weighted by Gasteiger charge is 2.01. The first-order valence-corrected chi connectivity index (χ1v) is 7.97. The van der Waals surface area contributed by atoms with Crippen LogP contribution in [0.2, 0.25) is 0 Å². The predicted octanol–water partition coefficient (Wildman–Crippen LogP) is 4.30. The number of aliphatic carboxylic acids is 1. The highest BCUT2D eigenvalue weighted by molar-refractivity contribution is 9.10. The first-order chi connectivity index (χ1) is 9.13. The molecule has 0 unspecified atom stereocenters. The van der Waals surface area contributed by atoms with Gasteiger partial charge in [-0.15, -0.1) is 23.1 Å². The second-order valence-corrected chi connectivity index (χ2v) is 6.69. The first-order valence-electron chi connectivity index (χ1n) is 5.37. The highest BCUT2D eigenvalue weighted by Crippen LogP contribution is 2.26. The van der Waals surface area contributed by atoms with Crippen LogP contribution in [0.4, 0.5) is 0 Å². The van der Waals surface area contributed by atoms with E-state index in [1.165, 1.54) is 4.88 Å². The maximum atomic E-state index is 10.4. The lowest BCUT2D eigenvalue weighted by atomic mass is 10.4. The van der Waals surface area contributed by atoms with E-state index in [-0.39, 0.29) is 0 Å². The number of hydrogen-bond acceptors (Lipinski definition) is 4. The van der Waals surface area contributed by atoms with E-state index in [4.69, 9.17) is 5.11 Å². The third kappa shape index (κ3) is 4.81. The Kier molecular flexibility index (Phi) is 5.18. The Morgan fingerprint density at radius 3 is 2.95 bits per heavy atom. The van der Waals surface area contributed by atoms with Crippen LogP contribution in [0, 0.1) is 0 Å². The van der Waals surface area contributed by atoms with Gasteiger partial charge in [-0.25, -0.2) is 9.78 Å². The van der Waals surface area contributed by atoms with Crippen LogP contribution in [0.5, 0.6) is 0 Å². The van der Waals surface area contributed by atoms with Gasteiger partial charge in [-0.2, -0.15) is 0 Å². The summed E-state index contributed by atoms with van der Waals surface area (Å²) in [5.74, 6) is -0.0939. The van der Waals surface area contributed by atoms with Crippen LogP contribution in [-0.2, 0) is 10.5 Å². The van der Waals surface area contributed by atoms with Gasteiger partial charge in [0.15, 0.2) is 0 Å². The largest absolute Gasteiger partial charge is 0.478 e. The number of rotatable bonds is 5. The first kappa shape index (κ1) is 14.3. The molecule has 0 aliphatic carbocycles. The monoisotopic (exact) mass is 355 g/mol. The second kappa shape index (κ2) is 6.88. The fraction of sp³-hybridized carbons (Fsp3) is 0.0769. The summed E-state index contributed by atoms with van der Waals surface area (Å²) in [6, 6.07) is 7.87. The number of halogens is 1. The van der Waals surface area contributed by atoms with E-state index in [0.717, 1.165) is 26.2 Å². The zero-order valence-corrected chi connectivity index (χ0v) is 13.0. The number of hydrogen-bond donors (Lipinski definition) is 1. The van der Waals surface area contributed by atoms with E-state index in [2.05, 4.69) is 20.9 Å². The maximum absolute atomic E-state index is 10.4. The van der Waals surface area contributed by atoms with Gasteiger partial charge in [-0.1, -0.05) is 0 Å². The Morgan fingerprint density at radius 1 is 1.42 bits per heavy atom. The van der Waals surface area contributed by atoms with E-state index in [1.54, 1.807) is 35.4 Å². The molecular weight excluding hydrogens is 346 g/mol. The van der Waals surface area contributed by atoms with Crippen LogP contribution in [-0.4, -0.2) is 16.1 Å². The number of thioether (sulfide) groups is 1. The molecule has 2 aromatic rings. The van der Waals surface area contributed by atoms with Crippen molar-refractivity contribution in [1.82, 2.24) is 4.98 Å². The Labute approximate surface area is 127 Å². The molecule has 0 aliphatic heterocycles. The Bertz CT molecular complexity index is 593. The SMILES string of the molecule is O=C(O)C=Cc1ccc(CSc2ccc(Br)cn2)s1. The molecule has 0 bridgehead atoms. The minimum absolute atomic E-state index is 0.834. The van der Waals surface area contributed by atoms with E-state index in [1.807, 2.05) is 24.3 Å². The molecular formula is C13H10BrNO2S2. The smallest absolute Gasteiger partial charge is 0.328 e. The molecule has 98 valence electrons. The molecule has 0 aliphatic rings. The number of aromatic nitrogens is 1. The highest BCUT2D eigenvalue weighted by atomic mass is 79.9. The third-order valence-electron chi connectivity index (χ3n) is 2.14. The van der Waals surface area contributed by atoms with Gasteiger partial charge in [0.05, 0.1) is 5.03 Å². The summed E-state index contributed by atoms with van der Waals surface area (Å²) in [5, 5.41) is 9.53. The summed E-state index contributed by atoms with van der Waals surface area (Å²) in [6.07, 6.45) is 4.54. The van der Waals surface area contributed by atoms with E-state index < -0.39 is 5.97 Å². The normalized spacial score (nSPS) is 11.0. The molecule has 3 nitrogen and oxygen atoms in total. The van der Waals surface area contributed by atoms with E-state index in [9.17, 15) is 4.79 Å². The Morgan fingerprint density at radius 2 is 2.26 bits per heavy atom. The molecule has 2 rings (SSSR count). The fourth-order valence-electron chi connectivity index (χ4n) is 1.31. The van der Waals surface area contributed by atoms with Gasteiger partial charge in [0.25, 0.3) is 0 Å². The standard InChI is InChI=1S/C13H10BrNO2S2/c14-9-1-5-12(15-7-9)18-8-11-3-2-10(19-11)4-6-13(16)17/h1-7H,8H2,(H,16,17). The molecule has 0 saturated heterocycles. The minimum atomic E-state index is -0.927. The lowest BCUT2D eigenvalue weighted by molar-refractivity contribution is -0.131.